The van der Waals surface area contributed by atoms with E-state index >= 15 is 0 Å². The number of carbonyl (C=O) groups excluding carboxylic acids is 1. The maximum absolute atomic E-state index is 12.7. The number of H-pyrrole nitrogens is 1. The molecule has 0 saturated heterocycles. The van der Waals surface area contributed by atoms with E-state index in [4.69, 9.17) is 12.2 Å². The Labute approximate surface area is 179 Å². The fourth-order valence-electron chi connectivity index (χ4n) is 3.06. The van der Waals surface area contributed by atoms with Crippen molar-refractivity contribution >= 4 is 38.9 Å². The molecule has 0 spiro atoms. The Balaban J connectivity index is 1.86. The van der Waals surface area contributed by atoms with E-state index in [9.17, 15) is 18.0 Å². The SMILES string of the molecule is C=CCn1c(=S)[nH]c2cc(C(=O)N[C@@H](C)c3ccc(S(C)(=O)=O)cc3)ccc2c1=O. The molecule has 2 N–H and O–H groups in total. The van der Waals surface area contributed by atoms with Crippen LogP contribution in [0.1, 0.15) is 28.9 Å². The minimum Gasteiger partial charge on any atom is -0.346 e. The normalized spacial score (nSPS) is 12.5. The molecule has 0 aliphatic heterocycles. The summed E-state index contributed by atoms with van der Waals surface area (Å²) in [5.74, 6) is -0.328. The molecule has 3 rings (SSSR count). The van der Waals surface area contributed by atoms with Gasteiger partial charge in [-0.25, -0.2) is 8.42 Å². The van der Waals surface area contributed by atoms with Crippen LogP contribution < -0.4 is 10.9 Å². The monoisotopic (exact) mass is 443 g/mol. The van der Waals surface area contributed by atoms with E-state index < -0.39 is 9.84 Å². The molecular weight excluding hydrogens is 422 g/mol. The van der Waals surface area contributed by atoms with Crippen LogP contribution in [0.4, 0.5) is 0 Å². The van der Waals surface area contributed by atoms with Crippen LogP contribution >= 0.6 is 12.2 Å². The zero-order chi connectivity index (χ0) is 22.1. The van der Waals surface area contributed by atoms with Gasteiger partial charge in [-0.15, -0.1) is 6.58 Å². The van der Waals surface area contributed by atoms with Crippen molar-refractivity contribution in [2.24, 2.45) is 0 Å². The van der Waals surface area contributed by atoms with E-state index in [-0.39, 0.29) is 27.2 Å². The van der Waals surface area contributed by atoms with Gasteiger partial charge in [0.1, 0.15) is 0 Å². The van der Waals surface area contributed by atoms with E-state index in [0.29, 0.717) is 23.0 Å². The van der Waals surface area contributed by atoms with Crippen molar-refractivity contribution in [3.8, 4) is 0 Å². The van der Waals surface area contributed by atoms with E-state index in [1.54, 1.807) is 43.3 Å². The second-order valence-electron chi connectivity index (χ2n) is 6.93. The third-order valence-corrected chi connectivity index (χ3v) is 6.16. The fraction of sp³-hybridized carbons (Fsp3) is 0.190. The molecule has 9 heteroatoms. The number of aromatic nitrogens is 2. The maximum atomic E-state index is 12.7. The van der Waals surface area contributed by atoms with Crippen molar-refractivity contribution in [2.45, 2.75) is 24.4 Å². The summed E-state index contributed by atoms with van der Waals surface area (Å²) < 4.78 is 24.8. The molecule has 1 aromatic heterocycles. The standard InChI is InChI=1S/C21H21N3O4S2/c1-4-11-24-20(26)17-10-7-15(12-18(17)23-21(24)29)19(25)22-13(2)14-5-8-16(9-6-14)30(3,27)28/h4-10,12-13H,1,11H2,2-3H3,(H,22,25)(H,23,29)/t13-/m0/s1. The summed E-state index contributed by atoms with van der Waals surface area (Å²) in [6.45, 7) is 5.72. The van der Waals surface area contributed by atoms with Crippen molar-refractivity contribution < 1.29 is 13.2 Å². The van der Waals surface area contributed by atoms with Gasteiger partial charge in [-0.1, -0.05) is 18.2 Å². The molecule has 0 saturated carbocycles. The lowest BCUT2D eigenvalue weighted by molar-refractivity contribution is 0.0940. The molecular formula is C21H21N3O4S2. The summed E-state index contributed by atoms with van der Waals surface area (Å²) >= 11 is 5.23. The molecule has 0 bridgehead atoms. The second kappa shape index (κ2) is 8.37. The van der Waals surface area contributed by atoms with Crippen molar-refractivity contribution in [1.29, 1.82) is 0 Å². The van der Waals surface area contributed by atoms with Crippen LogP contribution in [0.3, 0.4) is 0 Å². The molecule has 0 unspecified atom stereocenters. The first kappa shape index (κ1) is 21.7. The zero-order valence-electron chi connectivity index (χ0n) is 16.5. The number of nitrogens with one attached hydrogen (secondary N) is 2. The highest BCUT2D eigenvalue weighted by molar-refractivity contribution is 7.90. The van der Waals surface area contributed by atoms with Gasteiger partial charge in [0.05, 0.1) is 21.8 Å². The highest BCUT2D eigenvalue weighted by Gasteiger charge is 2.14. The van der Waals surface area contributed by atoms with Gasteiger partial charge in [-0.05, 0) is 55.0 Å². The number of amides is 1. The van der Waals surface area contributed by atoms with Crippen molar-refractivity contribution in [3.05, 3.63) is 81.4 Å². The first-order valence-electron chi connectivity index (χ1n) is 9.10. The lowest BCUT2D eigenvalue weighted by atomic mass is 10.1. The average molecular weight is 444 g/mol. The molecule has 0 aliphatic rings. The molecule has 156 valence electrons. The third kappa shape index (κ3) is 4.42. The van der Waals surface area contributed by atoms with Crippen molar-refractivity contribution in [1.82, 2.24) is 14.9 Å². The number of hydrogen-bond acceptors (Lipinski definition) is 5. The minimum absolute atomic E-state index is 0.219. The first-order chi connectivity index (χ1) is 14.1. The molecule has 2 aromatic carbocycles. The van der Waals surface area contributed by atoms with Crippen molar-refractivity contribution in [2.75, 3.05) is 6.26 Å². The van der Waals surface area contributed by atoms with E-state index in [0.717, 1.165) is 11.8 Å². The number of carbonyl (C=O) groups is 1. The Morgan fingerprint density at radius 1 is 1.27 bits per heavy atom. The van der Waals surface area contributed by atoms with E-state index in [1.807, 2.05) is 0 Å². The average Bonchev–Trinajstić information content (AvgIpc) is 2.70. The van der Waals surface area contributed by atoms with Crippen LogP contribution in [-0.4, -0.2) is 30.1 Å². The lowest BCUT2D eigenvalue weighted by Crippen LogP contribution is -2.27. The van der Waals surface area contributed by atoms with Gasteiger partial charge in [0, 0.05) is 18.4 Å². The van der Waals surface area contributed by atoms with Gasteiger partial charge in [0.15, 0.2) is 14.6 Å². The predicted octanol–water partition coefficient (Wildman–Crippen LogP) is 3.14. The van der Waals surface area contributed by atoms with Gasteiger partial charge < -0.3 is 10.3 Å². The van der Waals surface area contributed by atoms with Crippen LogP contribution in [0.15, 0.2) is 64.8 Å². The molecule has 1 heterocycles. The Morgan fingerprint density at radius 2 is 1.93 bits per heavy atom. The molecule has 0 aliphatic carbocycles. The number of sulfone groups is 1. The smallest absolute Gasteiger partial charge is 0.262 e. The molecule has 3 aromatic rings. The number of benzene rings is 2. The molecule has 7 nitrogen and oxygen atoms in total. The summed E-state index contributed by atoms with van der Waals surface area (Å²) in [6, 6.07) is 10.8. The van der Waals surface area contributed by atoms with Gasteiger partial charge in [-0.3, -0.25) is 14.2 Å². The minimum atomic E-state index is -3.28. The summed E-state index contributed by atoms with van der Waals surface area (Å²) in [7, 11) is -3.28. The molecule has 1 amide bonds. The molecule has 0 fully saturated rings. The summed E-state index contributed by atoms with van der Waals surface area (Å²) in [5.41, 5.74) is 1.36. The quantitative estimate of drug-likeness (QED) is 0.450. The lowest BCUT2D eigenvalue weighted by Gasteiger charge is -2.15. The highest BCUT2D eigenvalue weighted by atomic mass is 32.2. The second-order valence-corrected chi connectivity index (χ2v) is 9.33. The Kier molecular flexibility index (Phi) is 6.04. The highest BCUT2D eigenvalue weighted by Crippen LogP contribution is 2.18. The van der Waals surface area contributed by atoms with Gasteiger partial charge in [-0.2, -0.15) is 0 Å². The number of allylic oxidation sites excluding steroid dienone is 1. The number of rotatable bonds is 6. The molecule has 1 atom stereocenters. The fourth-order valence-corrected chi connectivity index (χ4v) is 3.96. The van der Waals surface area contributed by atoms with Gasteiger partial charge in [0.25, 0.3) is 11.5 Å². The van der Waals surface area contributed by atoms with Crippen LogP contribution in [0.5, 0.6) is 0 Å². The van der Waals surface area contributed by atoms with Crippen LogP contribution in [0.2, 0.25) is 0 Å². The molecule has 0 radical (unpaired) electrons. The zero-order valence-corrected chi connectivity index (χ0v) is 18.1. The van der Waals surface area contributed by atoms with Crippen LogP contribution in [0.25, 0.3) is 10.9 Å². The largest absolute Gasteiger partial charge is 0.346 e. The van der Waals surface area contributed by atoms with Gasteiger partial charge >= 0.3 is 0 Å². The number of aromatic amines is 1. The van der Waals surface area contributed by atoms with E-state index in [2.05, 4.69) is 16.9 Å². The Hall–Kier alpha value is -3.04. The van der Waals surface area contributed by atoms with Gasteiger partial charge in [0.2, 0.25) is 0 Å². The maximum Gasteiger partial charge on any atom is 0.262 e. The first-order valence-corrected chi connectivity index (χ1v) is 11.4. The Bertz CT molecular complexity index is 1350. The number of nitrogens with zero attached hydrogens (tertiary/aromatic N) is 1. The predicted molar refractivity (Wildman–Crippen MR) is 119 cm³/mol. The summed E-state index contributed by atoms with van der Waals surface area (Å²) in [4.78, 5) is 28.5. The third-order valence-electron chi connectivity index (χ3n) is 4.71. The number of fused-ring (bicyclic) bond motifs is 1. The molecule has 30 heavy (non-hydrogen) atoms. The van der Waals surface area contributed by atoms with E-state index in [1.165, 1.54) is 16.7 Å². The topological polar surface area (TPSA) is 101 Å². The Morgan fingerprint density at radius 3 is 2.53 bits per heavy atom. The van der Waals surface area contributed by atoms with Crippen LogP contribution in [-0.2, 0) is 16.4 Å². The number of hydrogen-bond donors (Lipinski definition) is 2. The van der Waals surface area contributed by atoms with Crippen molar-refractivity contribution in [3.63, 3.8) is 0 Å². The summed E-state index contributed by atoms with van der Waals surface area (Å²) in [6.07, 6.45) is 2.73. The van der Waals surface area contributed by atoms with Crippen LogP contribution in [0, 0.1) is 4.77 Å². The summed E-state index contributed by atoms with van der Waals surface area (Å²) in [5, 5.41) is 3.29.